The lowest BCUT2D eigenvalue weighted by Gasteiger charge is -2.27. The van der Waals surface area contributed by atoms with E-state index in [2.05, 4.69) is 97.6 Å². The number of hydrogen-bond acceptors (Lipinski definition) is 4. The molecular weight excluding hydrogens is 533 g/mol. The predicted molar refractivity (Wildman–Crippen MR) is 181 cm³/mol. The van der Waals surface area contributed by atoms with Crippen LogP contribution in [-0.2, 0) is 10.8 Å². The van der Waals surface area contributed by atoms with Crippen molar-refractivity contribution in [2.45, 2.75) is 72.0 Å². The number of phenols is 1. The molecule has 42 heavy (non-hydrogen) atoms. The van der Waals surface area contributed by atoms with Gasteiger partial charge in [0.1, 0.15) is 11.3 Å². The fourth-order valence-electron chi connectivity index (χ4n) is 5.11. The molecule has 5 rings (SSSR count). The number of hydrogen-bond donors (Lipinski definition) is 1. The molecule has 1 N–H and O–H groups in total. The SMILES string of the molecule is CC(C)(C)c1cc(C=Nc2ccccc2-c2nc3c(-c4ccc([Si](C)(C)C)cc4)cccc3o2)c(O)c(C(C)(C)C)c1. The van der Waals surface area contributed by atoms with Gasteiger partial charge in [-0.15, -0.1) is 0 Å². The van der Waals surface area contributed by atoms with Crippen LogP contribution < -0.4 is 5.19 Å². The number of aromatic nitrogens is 1. The molecule has 216 valence electrons. The first-order chi connectivity index (χ1) is 19.6. The Morgan fingerprint density at radius 1 is 0.786 bits per heavy atom. The summed E-state index contributed by atoms with van der Waals surface area (Å²) in [4.78, 5) is 9.84. The van der Waals surface area contributed by atoms with Crippen molar-refractivity contribution in [2.75, 3.05) is 0 Å². The first-order valence-electron chi connectivity index (χ1n) is 14.6. The predicted octanol–water partition coefficient (Wildman–Crippen LogP) is 9.76. The molecular formula is C37H42N2O2Si. The van der Waals surface area contributed by atoms with Gasteiger partial charge >= 0.3 is 0 Å². The fourth-order valence-corrected chi connectivity index (χ4v) is 6.28. The molecule has 0 saturated carbocycles. The number of oxazole rings is 1. The van der Waals surface area contributed by atoms with E-state index >= 15 is 0 Å². The maximum absolute atomic E-state index is 11.3. The Kier molecular flexibility index (Phi) is 7.52. The van der Waals surface area contributed by atoms with Crippen molar-refractivity contribution in [1.29, 1.82) is 0 Å². The maximum atomic E-state index is 11.3. The minimum Gasteiger partial charge on any atom is -0.507 e. The molecule has 0 bridgehead atoms. The second-order valence-electron chi connectivity index (χ2n) is 14.2. The Bertz CT molecular complexity index is 1780. The molecule has 0 aliphatic carbocycles. The standard InChI is InChI=1S/C37H42N2O2Si/c1-36(2,3)26-21-25(34(40)30(22-26)37(4,5)6)23-38-31-15-11-10-13-29(31)35-39-33-28(14-12-16-32(33)41-35)24-17-19-27(20-18-24)42(7,8)9/h10-23,40H,1-9H3. The summed E-state index contributed by atoms with van der Waals surface area (Å²) in [5.74, 6) is 0.787. The third-order valence-corrected chi connectivity index (χ3v) is 9.84. The van der Waals surface area contributed by atoms with Gasteiger partial charge in [0.15, 0.2) is 5.58 Å². The van der Waals surface area contributed by atoms with E-state index in [1.165, 1.54) is 5.19 Å². The zero-order valence-electron chi connectivity index (χ0n) is 26.3. The summed E-state index contributed by atoms with van der Waals surface area (Å²) >= 11 is 0. The van der Waals surface area contributed by atoms with Crippen LogP contribution in [0.3, 0.4) is 0 Å². The highest BCUT2D eigenvalue weighted by Gasteiger charge is 2.25. The molecule has 0 atom stereocenters. The van der Waals surface area contributed by atoms with Gasteiger partial charge in [-0.3, -0.25) is 4.99 Å². The quantitative estimate of drug-likeness (QED) is 0.168. The van der Waals surface area contributed by atoms with Gasteiger partial charge in [-0.05, 0) is 46.2 Å². The normalized spacial score (nSPS) is 12.9. The monoisotopic (exact) mass is 574 g/mol. The van der Waals surface area contributed by atoms with Crippen LogP contribution in [0.25, 0.3) is 33.7 Å². The number of fused-ring (bicyclic) bond motifs is 1. The largest absolute Gasteiger partial charge is 0.507 e. The number of benzene rings is 4. The average Bonchev–Trinajstić information content (AvgIpc) is 3.35. The van der Waals surface area contributed by atoms with Crippen LogP contribution >= 0.6 is 0 Å². The van der Waals surface area contributed by atoms with Gasteiger partial charge in [0.25, 0.3) is 0 Å². The second kappa shape index (κ2) is 10.7. The Morgan fingerprint density at radius 2 is 1.45 bits per heavy atom. The minimum atomic E-state index is -1.38. The number of aliphatic imine (C=N–C) groups is 1. The molecule has 0 radical (unpaired) electrons. The molecule has 4 aromatic carbocycles. The van der Waals surface area contributed by atoms with Crippen molar-refractivity contribution in [2.24, 2.45) is 4.99 Å². The van der Waals surface area contributed by atoms with Crippen LogP contribution in [0.4, 0.5) is 5.69 Å². The van der Waals surface area contributed by atoms with Crippen LogP contribution in [0, 0.1) is 0 Å². The van der Waals surface area contributed by atoms with Gasteiger partial charge in [0, 0.05) is 22.9 Å². The van der Waals surface area contributed by atoms with Crippen molar-refractivity contribution in [1.82, 2.24) is 4.98 Å². The number of aromatic hydroxyl groups is 1. The number of rotatable bonds is 5. The second-order valence-corrected chi connectivity index (χ2v) is 19.3. The Hall–Kier alpha value is -3.96. The Labute approximate surface area is 251 Å². The van der Waals surface area contributed by atoms with Gasteiger partial charge in [0.2, 0.25) is 5.89 Å². The van der Waals surface area contributed by atoms with E-state index in [1.807, 2.05) is 42.5 Å². The molecule has 0 spiro atoms. The molecule has 1 heterocycles. The summed E-state index contributed by atoms with van der Waals surface area (Å²) in [5.41, 5.74) is 7.74. The molecule has 0 aliphatic heterocycles. The van der Waals surface area contributed by atoms with Crippen LogP contribution in [0.15, 0.2) is 88.3 Å². The number of phenolic OH excluding ortho intramolecular Hbond substituents is 1. The highest BCUT2D eigenvalue weighted by Crippen LogP contribution is 2.39. The first kappa shape index (κ1) is 29.5. The number of nitrogens with zero attached hydrogens (tertiary/aromatic N) is 2. The van der Waals surface area contributed by atoms with Gasteiger partial charge in [-0.2, -0.15) is 0 Å². The summed E-state index contributed by atoms with van der Waals surface area (Å²) in [7, 11) is -1.38. The maximum Gasteiger partial charge on any atom is 0.229 e. The molecule has 1 aromatic heterocycles. The smallest absolute Gasteiger partial charge is 0.229 e. The molecule has 5 aromatic rings. The molecule has 0 saturated heterocycles. The van der Waals surface area contributed by atoms with Crippen LogP contribution in [0.5, 0.6) is 5.75 Å². The van der Waals surface area contributed by atoms with E-state index in [0.717, 1.165) is 44.6 Å². The fraction of sp³-hybridized carbons (Fsp3) is 0.297. The zero-order chi connectivity index (χ0) is 30.4. The van der Waals surface area contributed by atoms with E-state index in [9.17, 15) is 5.11 Å². The van der Waals surface area contributed by atoms with Crippen molar-refractivity contribution in [3.8, 4) is 28.3 Å². The van der Waals surface area contributed by atoms with Gasteiger partial charge in [0.05, 0.1) is 19.3 Å². The third kappa shape index (κ3) is 5.98. The van der Waals surface area contributed by atoms with Gasteiger partial charge in [-0.1, -0.05) is 121 Å². The van der Waals surface area contributed by atoms with E-state index < -0.39 is 8.07 Å². The average molecular weight is 575 g/mol. The highest BCUT2D eigenvalue weighted by molar-refractivity contribution is 6.88. The van der Waals surface area contributed by atoms with Gasteiger partial charge < -0.3 is 9.52 Å². The highest BCUT2D eigenvalue weighted by atomic mass is 28.3. The van der Waals surface area contributed by atoms with E-state index in [0.29, 0.717) is 11.5 Å². The van der Waals surface area contributed by atoms with Crippen molar-refractivity contribution in [3.05, 3.63) is 95.6 Å². The molecule has 0 fully saturated rings. The Morgan fingerprint density at radius 3 is 2.10 bits per heavy atom. The lowest BCUT2D eigenvalue weighted by atomic mass is 9.79. The molecule has 0 amide bonds. The summed E-state index contributed by atoms with van der Waals surface area (Å²) in [5, 5.41) is 12.7. The minimum absolute atomic E-state index is 0.0703. The lowest BCUT2D eigenvalue weighted by molar-refractivity contribution is 0.444. The van der Waals surface area contributed by atoms with Crippen molar-refractivity contribution >= 4 is 36.3 Å². The first-order valence-corrected chi connectivity index (χ1v) is 18.1. The summed E-state index contributed by atoms with van der Waals surface area (Å²) < 4.78 is 6.31. The van der Waals surface area contributed by atoms with E-state index in [4.69, 9.17) is 14.4 Å². The zero-order valence-corrected chi connectivity index (χ0v) is 27.3. The molecule has 4 nitrogen and oxygen atoms in total. The lowest BCUT2D eigenvalue weighted by Crippen LogP contribution is -2.37. The van der Waals surface area contributed by atoms with Gasteiger partial charge in [-0.25, -0.2) is 4.98 Å². The molecule has 5 heteroatoms. The number of para-hydroxylation sites is 2. The summed E-state index contributed by atoms with van der Waals surface area (Å²) in [6.07, 6.45) is 1.76. The van der Waals surface area contributed by atoms with Crippen molar-refractivity contribution < 1.29 is 9.52 Å². The van der Waals surface area contributed by atoms with Crippen LogP contribution in [0.2, 0.25) is 19.6 Å². The molecule has 0 unspecified atom stereocenters. The van der Waals surface area contributed by atoms with Crippen molar-refractivity contribution in [3.63, 3.8) is 0 Å². The van der Waals surface area contributed by atoms with Crippen LogP contribution in [0.1, 0.15) is 58.2 Å². The van der Waals surface area contributed by atoms with E-state index in [-0.39, 0.29) is 16.6 Å². The van der Waals surface area contributed by atoms with Crippen LogP contribution in [-0.4, -0.2) is 24.4 Å². The van der Waals surface area contributed by atoms with E-state index in [1.54, 1.807) is 6.21 Å². The molecule has 0 aliphatic rings. The topological polar surface area (TPSA) is 58.6 Å². The Balaban J connectivity index is 1.56. The summed E-state index contributed by atoms with van der Waals surface area (Å²) in [6, 6.07) is 27.0. The summed E-state index contributed by atoms with van der Waals surface area (Å²) in [6.45, 7) is 20.0. The third-order valence-electron chi connectivity index (χ3n) is 7.77.